The van der Waals surface area contributed by atoms with Gasteiger partial charge < -0.3 is 15.2 Å². The number of amides is 1. The highest BCUT2D eigenvalue weighted by molar-refractivity contribution is 5.92. The third kappa shape index (κ3) is 3.08. The molecule has 0 saturated heterocycles. The van der Waals surface area contributed by atoms with Crippen LogP contribution in [0.25, 0.3) is 0 Å². The SMILES string of the molecule is CC(C)C(C)(C)CNC(=O)c1cn2c(n1)NCCC2. The molecule has 2 heterocycles. The molecular formula is C14H24N4O. The number of nitrogens with zero attached hydrogens (tertiary/aromatic N) is 2. The Morgan fingerprint density at radius 3 is 2.95 bits per heavy atom. The second-order valence-electron chi connectivity index (χ2n) is 6.25. The number of hydrogen-bond acceptors (Lipinski definition) is 3. The molecule has 0 saturated carbocycles. The third-order valence-electron chi connectivity index (χ3n) is 4.14. The van der Waals surface area contributed by atoms with Gasteiger partial charge in [-0.25, -0.2) is 4.98 Å². The van der Waals surface area contributed by atoms with Crippen LogP contribution in [0.15, 0.2) is 6.20 Å². The number of rotatable bonds is 4. The molecule has 0 unspecified atom stereocenters. The van der Waals surface area contributed by atoms with Crippen LogP contribution in [0.1, 0.15) is 44.6 Å². The van der Waals surface area contributed by atoms with E-state index in [2.05, 4.69) is 43.3 Å². The quantitative estimate of drug-likeness (QED) is 0.875. The van der Waals surface area contributed by atoms with Gasteiger partial charge in [-0.2, -0.15) is 0 Å². The molecule has 1 aromatic heterocycles. The molecule has 106 valence electrons. The number of hydrogen-bond donors (Lipinski definition) is 2. The second-order valence-corrected chi connectivity index (χ2v) is 6.25. The first-order valence-corrected chi connectivity index (χ1v) is 6.99. The molecule has 1 aromatic rings. The number of anilines is 1. The van der Waals surface area contributed by atoms with Crippen LogP contribution in [0.4, 0.5) is 5.95 Å². The molecule has 1 amide bonds. The minimum Gasteiger partial charge on any atom is -0.356 e. The third-order valence-corrected chi connectivity index (χ3v) is 4.14. The lowest BCUT2D eigenvalue weighted by Gasteiger charge is -2.29. The summed E-state index contributed by atoms with van der Waals surface area (Å²) >= 11 is 0. The predicted octanol–water partition coefficient (Wildman–Crippen LogP) is 2.11. The number of carbonyl (C=O) groups is 1. The highest BCUT2D eigenvalue weighted by atomic mass is 16.1. The number of aryl methyl sites for hydroxylation is 1. The van der Waals surface area contributed by atoms with E-state index in [9.17, 15) is 4.79 Å². The second kappa shape index (κ2) is 5.23. The first-order valence-electron chi connectivity index (χ1n) is 6.99. The summed E-state index contributed by atoms with van der Waals surface area (Å²) < 4.78 is 2.01. The lowest BCUT2D eigenvalue weighted by molar-refractivity contribution is 0.0920. The average Bonchev–Trinajstić information content (AvgIpc) is 2.79. The molecule has 2 N–H and O–H groups in total. The van der Waals surface area contributed by atoms with Crippen molar-refractivity contribution in [2.45, 2.75) is 40.7 Å². The highest BCUT2D eigenvalue weighted by Crippen LogP contribution is 2.24. The molecule has 0 aromatic carbocycles. The van der Waals surface area contributed by atoms with Gasteiger partial charge in [0.1, 0.15) is 5.69 Å². The molecule has 1 aliphatic rings. The van der Waals surface area contributed by atoms with Gasteiger partial charge in [0.2, 0.25) is 5.95 Å². The van der Waals surface area contributed by atoms with Gasteiger partial charge in [0.25, 0.3) is 5.91 Å². The Labute approximate surface area is 114 Å². The molecule has 0 aliphatic carbocycles. The van der Waals surface area contributed by atoms with Crippen molar-refractivity contribution in [2.75, 3.05) is 18.4 Å². The Morgan fingerprint density at radius 2 is 2.32 bits per heavy atom. The van der Waals surface area contributed by atoms with Crippen LogP contribution in [-0.2, 0) is 6.54 Å². The number of nitrogens with one attached hydrogen (secondary N) is 2. The maximum atomic E-state index is 12.1. The molecule has 0 fully saturated rings. The van der Waals surface area contributed by atoms with Gasteiger partial charge in [-0.3, -0.25) is 4.79 Å². The van der Waals surface area contributed by atoms with Crippen molar-refractivity contribution in [3.8, 4) is 0 Å². The van der Waals surface area contributed by atoms with E-state index >= 15 is 0 Å². The Bertz CT molecular complexity index is 439. The summed E-state index contributed by atoms with van der Waals surface area (Å²) in [5.41, 5.74) is 0.594. The number of imidazole rings is 1. The number of fused-ring (bicyclic) bond motifs is 1. The fraction of sp³-hybridized carbons (Fsp3) is 0.714. The predicted molar refractivity (Wildman–Crippen MR) is 76.3 cm³/mol. The summed E-state index contributed by atoms with van der Waals surface area (Å²) in [5.74, 6) is 1.24. The minimum atomic E-state index is -0.0857. The molecule has 0 spiro atoms. The van der Waals surface area contributed by atoms with Crippen molar-refractivity contribution in [3.05, 3.63) is 11.9 Å². The summed E-state index contributed by atoms with van der Waals surface area (Å²) in [4.78, 5) is 16.5. The van der Waals surface area contributed by atoms with Crippen LogP contribution in [-0.4, -0.2) is 28.5 Å². The van der Waals surface area contributed by atoms with Crippen LogP contribution in [0.2, 0.25) is 0 Å². The van der Waals surface area contributed by atoms with E-state index < -0.39 is 0 Å². The van der Waals surface area contributed by atoms with E-state index in [0.717, 1.165) is 25.5 Å². The van der Waals surface area contributed by atoms with Crippen molar-refractivity contribution < 1.29 is 4.79 Å². The maximum Gasteiger partial charge on any atom is 0.271 e. The number of carbonyl (C=O) groups excluding carboxylic acids is 1. The fourth-order valence-electron chi connectivity index (χ4n) is 1.89. The van der Waals surface area contributed by atoms with Crippen LogP contribution >= 0.6 is 0 Å². The van der Waals surface area contributed by atoms with Gasteiger partial charge in [-0.05, 0) is 17.8 Å². The summed E-state index contributed by atoms with van der Waals surface area (Å²) in [6.07, 6.45) is 2.91. The Kier molecular flexibility index (Phi) is 3.83. The zero-order chi connectivity index (χ0) is 14.0. The van der Waals surface area contributed by atoms with E-state index in [1.165, 1.54) is 0 Å². The molecule has 19 heavy (non-hydrogen) atoms. The molecule has 1 aliphatic heterocycles. The molecule has 5 heteroatoms. The van der Waals surface area contributed by atoms with E-state index in [1.54, 1.807) is 0 Å². The Balaban J connectivity index is 1.99. The smallest absolute Gasteiger partial charge is 0.271 e. The topological polar surface area (TPSA) is 59.0 Å². The summed E-state index contributed by atoms with van der Waals surface area (Å²) in [5, 5.41) is 6.19. The molecular weight excluding hydrogens is 240 g/mol. The van der Waals surface area contributed by atoms with Crippen LogP contribution in [0.5, 0.6) is 0 Å². The van der Waals surface area contributed by atoms with E-state index in [-0.39, 0.29) is 11.3 Å². The van der Waals surface area contributed by atoms with Gasteiger partial charge >= 0.3 is 0 Å². The molecule has 0 atom stereocenters. The summed E-state index contributed by atoms with van der Waals surface area (Å²) in [7, 11) is 0. The van der Waals surface area contributed by atoms with Crippen molar-refractivity contribution >= 4 is 11.9 Å². The Morgan fingerprint density at radius 1 is 1.58 bits per heavy atom. The van der Waals surface area contributed by atoms with Crippen molar-refractivity contribution in [3.63, 3.8) is 0 Å². The largest absolute Gasteiger partial charge is 0.356 e. The van der Waals surface area contributed by atoms with Gasteiger partial charge in [-0.1, -0.05) is 27.7 Å². The lowest BCUT2D eigenvalue weighted by Crippen LogP contribution is -2.37. The van der Waals surface area contributed by atoms with Gasteiger partial charge in [0.05, 0.1) is 0 Å². The molecule has 2 rings (SSSR count). The number of aromatic nitrogens is 2. The van der Waals surface area contributed by atoms with E-state index in [1.807, 2.05) is 10.8 Å². The minimum absolute atomic E-state index is 0.0857. The average molecular weight is 264 g/mol. The fourth-order valence-corrected chi connectivity index (χ4v) is 1.89. The summed E-state index contributed by atoms with van der Waals surface area (Å²) in [6, 6.07) is 0. The van der Waals surface area contributed by atoms with Crippen molar-refractivity contribution in [1.82, 2.24) is 14.9 Å². The van der Waals surface area contributed by atoms with E-state index in [4.69, 9.17) is 0 Å². The Hall–Kier alpha value is -1.52. The first-order chi connectivity index (χ1) is 8.90. The monoisotopic (exact) mass is 264 g/mol. The van der Waals surface area contributed by atoms with Gasteiger partial charge in [0.15, 0.2) is 0 Å². The van der Waals surface area contributed by atoms with Crippen LogP contribution in [0.3, 0.4) is 0 Å². The normalized spacial score (nSPS) is 15.0. The molecule has 5 nitrogen and oxygen atoms in total. The maximum absolute atomic E-state index is 12.1. The van der Waals surface area contributed by atoms with Crippen LogP contribution < -0.4 is 10.6 Å². The molecule has 0 bridgehead atoms. The standard InChI is InChI=1S/C14H24N4O/c1-10(2)14(3,4)9-16-12(19)11-8-18-7-5-6-15-13(18)17-11/h8,10H,5-7,9H2,1-4H3,(H,15,17)(H,16,19). The van der Waals surface area contributed by atoms with Crippen molar-refractivity contribution in [2.24, 2.45) is 11.3 Å². The van der Waals surface area contributed by atoms with Gasteiger partial charge in [-0.15, -0.1) is 0 Å². The highest BCUT2D eigenvalue weighted by Gasteiger charge is 2.24. The lowest BCUT2D eigenvalue weighted by atomic mass is 9.81. The molecule has 0 radical (unpaired) electrons. The zero-order valence-electron chi connectivity index (χ0n) is 12.3. The van der Waals surface area contributed by atoms with Gasteiger partial charge in [0, 0.05) is 25.8 Å². The first kappa shape index (κ1) is 13.9. The van der Waals surface area contributed by atoms with Crippen LogP contribution in [0, 0.1) is 11.3 Å². The zero-order valence-corrected chi connectivity index (χ0v) is 12.3. The summed E-state index contributed by atoms with van der Waals surface area (Å²) in [6.45, 7) is 11.2. The van der Waals surface area contributed by atoms with E-state index in [0.29, 0.717) is 18.2 Å². The van der Waals surface area contributed by atoms with Crippen molar-refractivity contribution in [1.29, 1.82) is 0 Å².